The second-order valence-corrected chi connectivity index (χ2v) is 4.69. The van der Waals surface area contributed by atoms with Crippen molar-refractivity contribution in [3.63, 3.8) is 0 Å². The van der Waals surface area contributed by atoms with Gasteiger partial charge >= 0.3 is 5.97 Å². The number of nitrogens with one attached hydrogen (secondary N) is 2. The molecule has 3 unspecified atom stereocenters. The summed E-state index contributed by atoms with van der Waals surface area (Å²) >= 11 is 0. The molecule has 6 heteroatoms. The standard InChI is InChI=1S/C13H24N2O4/c1-4-6-14-11-8-18-7-10(11)12(16)15-9(3)13(17)19-5-2/h9-11,14H,4-8H2,1-3H3,(H,15,16). The van der Waals surface area contributed by atoms with Crippen molar-refractivity contribution in [3.05, 3.63) is 0 Å². The summed E-state index contributed by atoms with van der Waals surface area (Å²) in [6.45, 7) is 7.52. The van der Waals surface area contributed by atoms with E-state index in [-0.39, 0.29) is 17.9 Å². The van der Waals surface area contributed by atoms with E-state index in [9.17, 15) is 9.59 Å². The van der Waals surface area contributed by atoms with Gasteiger partial charge in [-0.15, -0.1) is 0 Å². The van der Waals surface area contributed by atoms with E-state index in [2.05, 4.69) is 17.6 Å². The van der Waals surface area contributed by atoms with Gasteiger partial charge in [0.1, 0.15) is 6.04 Å². The Balaban J connectivity index is 2.45. The van der Waals surface area contributed by atoms with E-state index < -0.39 is 12.0 Å². The molecule has 6 nitrogen and oxygen atoms in total. The normalized spacial score (nSPS) is 23.9. The van der Waals surface area contributed by atoms with Crippen LogP contribution in [0.3, 0.4) is 0 Å². The first kappa shape index (κ1) is 15.9. The van der Waals surface area contributed by atoms with E-state index in [0.29, 0.717) is 19.8 Å². The molecule has 2 N–H and O–H groups in total. The Hall–Kier alpha value is -1.14. The maximum absolute atomic E-state index is 12.1. The molecule has 1 heterocycles. The first-order chi connectivity index (χ1) is 9.10. The minimum atomic E-state index is -0.625. The van der Waals surface area contributed by atoms with Crippen LogP contribution in [0.4, 0.5) is 0 Å². The van der Waals surface area contributed by atoms with Gasteiger partial charge in [0.25, 0.3) is 0 Å². The molecule has 0 aromatic heterocycles. The predicted molar refractivity (Wildman–Crippen MR) is 70.6 cm³/mol. The highest BCUT2D eigenvalue weighted by Gasteiger charge is 2.34. The van der Waals surface area contributed by atoms with Gasteiger partial charge in [0.15, 0.2) is 0 Å². The molecule has 0 radical (unpaired) electrons. The van der Waals surface area contributed by atoms with Crippen molar-refractivity contribution in [1.82, 2.24) is 10.6 Å². The lowest BCUT2D eigenvalue weighted by atomic mass is 10.0. The number of hydrogen-bond acceptors (Lipinski definition) is 5. The molecule has 0 aromatic carbocycles. The summed E-state index contributed by atoms with van der Waals surface area (Å²) in [6, 6.07) is -0.603. The summed E-state index contributed by atoms with van der Waals surface area (Å²) in [5.41, 5.74) is 0. The summed E-state index contributed by atoms with van der Waals surface area (Å²) < 4.78 is 10.2. The van der Waals surface area contributed by atoms with Gasteiger partial charge < -0.3 is 20.1 Å². The predicted octanol–water partition coefficient (Wildman–Crippen LogP) is 0.0688. The third kappa shape index (κ3) is 4.80. The lowest BCUT2D eigenvalue weighted by Gasteiger charge is -2.20. The second-order valence-electron chi connectivity index (χ2n) is 4.69. The molecule has 0 aromatic rings. The Morgan fingerprint density at radius 3 is 2.74 bits per heavy atom. The van der Waals surface area contributed by atoms with Crippen molar-refractivity contribution in [3.8, 4) is 0 Å². The van der Waals surface area contributed by atoms with Crippen LogP contribution in [0.2, 0.25) is 0 Å². The van der Waals surface area contributed by atoms with Crippen LogP contribution in [0.1, 0.15) is 27.2 Å². The van der Waals surface area contributed by atoms with E-state index >= 15 is 0 Å². The fourth-order valence-corrected chi connectivity index (χ4v) is 1.99. The third-order valence-corrected chi connectivity index (χ3v) is 3.07. The molecular formula is C13H24N2O4. The van der Waals surface area contributed by atoms with Gasteiger partial charge in [0.2, 0.25) is 5.91 Å². The number of esters is 1. The van der Waals surface area contributed by atoms with Gasteiger partial charge in [-0.05, 0) is 26.8 Å². The lowest BCUT2D eigenvalue weighted by Crippen LogP contribution is -2.48. The second kappa shape index (κ2) is 8.12. The van der Waals surface area contributed by atoms with E-state index in [4.69, 9.17) is 9.47 Å². The Kier molecular flexibility index (Phi) is 6.80. The number of hydrogen-bond donors (Lipinski definition) is 2. The number of ether oxygens (including phenoxy) is 2. The third-order valence-electron chi connectivity index (χ3n) is 3.07. The summed E-state index contributed by atoms with van der Waals surface area (Å²) in [7, 11) is 0. The van der Waals surface area contributed by atoms with E-state index in [1.807, 2.05) is 0 Å². The molecule has 1 aliphatic rings. The average molecular weight is 272 g/mol. The molecule has 1 fully saturated rings. The Morgan fingerprint density at radius 1 is 1.37 bits per heavy atom. The van der Waals surface area contributed by atoms with Crippen LogP contribution in [0.25, 0.3) is 0 Å². The van der Waals surface area contributed by atoms with Gasteiger partial charge in [-0.25, -0.2) is 4.79 Å². The lowest BCUT2D eigenvalue weighted by molar-refractivity contribution is -0.147. The summed E-state index contributed by atoms with van der Waals surface area (Å²) in [5, 5.41) is 5.97. The van der Waals surface area contributed by atoms with Crippen LogP contribution in [-0.4, -0.2) is 50.3 Å². The molecular weight excluding hydrogens is 248 g/mol. The minimum absolute atomic E-state index is 0.0225. The number of carbonyl (C=O) groups excluding carboxylic acids is 2. The van der Waals surface area contributed by atoms with Gasteiger partial charge in [0, 0.05) is 6.04 Å². The maximum atomic E-state index is 12.1. The molecule has 1 aliphatic heterocycles. The van der Waals surface area contributed by atoms with Crippen LogP contribution in [0.15, 0.2) is 0 Å². The Labute approximate surface area is 114 Å². The van der Waals surface area contributed by atoms with E-state index in [1.165, 1.54) is 0 Å². The van der Waals surface area contributed by atoms with E-state index in [1.54, 1.807) is 13.8 Å². The number of amides is 1. The molecule has 0 saturated carbocycles. The van der Waals surface area contributed by atoms with Gasteiger partial charge in [0.05, 0.1) is 25.7 Å². The average Bonchev–Trinajstić information content (AvgIpc) is 2.84. The van der Waals surface area contributed by atoms with Crippen molar-refractivity contribution in [2.45, 2.75) is 39.3 Å². The molecule has 3 atom stereocenters. The van der Waals surface area contributed by atoms with Gasteiger partial charge in [-0.3, -0.25) is 4.79 Å². The summed E-state index contributed by atoms with van der Waals surface area (Å²) in [4.78, 5) is 23.6. The van der Waals surface area contributed by atoms with Crippen molar-refractivity contribution >= 4 is 11.9 Å². The van der Waals surface area contributed by atoms with Crippen LogP contribution in [0.5, 0.6) is 0 Å². The minimum Gasteiger partial charge on any atom is -0.464 e. The van der Waals surface area contributed by atoms with Crippen molar-refractivity contribution in [2.24, 2.45) is 5.92 Å². The monoisotopic (exact) mass is 272 g/mol. The molecule has 1 saturated heterocycles. The first-order valence-corrected chi connectivity index (χ1v) is 6.88. The SMILES string of the molecule is CCCNC1COCC1C(=O)NC(C)C(=O)OCC. The zero-order valence-corrected chi connectivity index (χ0v) is 11.9. The fourth-order valence-electron chi connectivity index (χ4n) is 1.99. The largest absolute Gasteiger partial charge is 0.464 e. The summed E-state index contributed by atoms with van der Waals surface area (Å²) in [5.74, 6) is -0.817. The highest BCUT2D eigenvalue weighted by Crippen LogP contribution is 2.14. The van der Waals surface area contributed by atoms with Crippen molar-refractivity contribution in [1.29, 1.82) is 0 Å². The van der Waals surface area contributed by atoms with Crippen molar-refractivity contribution in [2.75, 3.05) is 26.4 Å². The van der Waals surface area contributed by atoms with Gasteiger partial charge in [-0.2, -0.15) is 0 Å². The number of carbonyl (C=O) groups is 2. The van der Waals surface area contributed by atoms with Crippen LogP contribution in [0, 0.1) is 5.92 Å². The fraction of sp³-hybridized carbons (Fsp3) is 0.846. The number of rotatable bonds is 7. The van der Waals surface area contributed by atoms with E-state index in [0.717, 1.165) is 13.0 Å². The molecule has 0 aliphatic carbocycles. The first-order valence-electron chi connectivity index (χ1n) is 6.88. The highest BCUT2D eigenvalue weighted by atomic mass is 16.5. The zero-order chi connectivity index (χ0) is 14.3. The van der Waals surface area contributed by atoms with Crippen LogP contribution >= 0.6 is 0 Å². The molecule has 0 bridgehead atoms. The maximum Gasteiger partial charge on any atom is 0.328 e. The van der Waals surface area contributed by atoms with Crippen LogP contribution in [-0.2, 0) is 19.1 Å². The zero-order valence-electron chi connectivity index (χ0n) is 11.9. The molecule has 1 amide bonds. The Morgan fingerprint density at radius 2 is 2.11 bits per heavy atom. The molecule has 110 valence electrons. The molecule has 1 rings (SSSR count). The van der Waals surface area contributed by atoms with Crippen LogP contribution < -0.4 is 10.6 Å². The molecule has 0 spiro atoms. The summed E-state index contributed by atoms with van der Waals surface area (Å²) in [6.07, 6.45) is 1.00. The van der Waals surface area contributed by atoms with Crippen molar-refractivity contribution < 1.29 is 19.1 Å². The quantitative estimate of drug-likeness (QED) is 0.641. The molecule has 19 heavy (non-hydrogen) atoms. The smallest absolute Gasteiger partial charge is 0.328 e. The topological polar surface area (TPSA) is 76.7 Å². The Bertz CT molecular complexity index is 309. The van der Waals surface area contributed by atoms with Gasteiger partial charge in [-0.1, -0.05) is 6.92 Å². The highest BCUT2D eigenvalue weighted by molar-refractivity contribution is 5.86.